The molecule has 4 nitrogen and oxygen atoms in total. The first-order chi connectivity index (χ1) is 13.3. The van der Waals surface area contributed by atoms with Gasteiger partial charge in [-0.15, -0.1) is 0 Å². The number of nitrogens with zero attached hydrogens (tertiary/aromatic N) is 1. The molecule has 1 aromatic rings. The quantitative estimate of drug-likeness (QED) is 0.265. The van der Waals surface area contributed by atoms with Crippen molar-refractivity contribution in [3.8, 4) is 0 Å². The molecule has 0 fully saturated rings. The monoisotopic (exact) mass is 405 g/mol. The van der Waals surface area contributed by atoms with Crippen LogP contribution in [0.4, 0.5) is 4.39 Å². The highest BCUT2D eigenvalue weighted by Crippen LogP contribution is 2.31. The molecule has 1 atom stereocenters. The summed E-state index contributed by atoms with van der Waals surface area (Å²) in [6.07, 6.45) is 8.74. The molecule has 0 amide bonds. The summed E-state index contributed by atoms with van der Waals surface area (Å²) in [6, 6.07) is 3.00. The molecule has 0 spiro atoms. The third-order valence-electron chi connectivity index (χ3n) is 4.05. The van der Waals surface area contributed by atoms with Crippen LogP contribution in [0.2, 0.25) is 5.02 Å². The summed E-state index contributed by atoms with van der Waals surface area (Å²) < 4.78 is 20.1. The van der Waals surface area contributed by atoms with Gasteiger partial charge in [0.05, 0.1) is 5.02 Å². The molecular formula is C22H29ClFN3O. The molecule has 0 aliphatic heterocycles. The van der Waals surface area contributed by atoms with Crippen molar-refractivity contribution in [3.63, 3.8) is 0 Å². The van der Waals surface area contributed by atoms with Gasteiger partial charge in [0.2, 0.25) is 0 Å². The molecule has 28 heavy (non-hydrogen) atoms. The van der Waals surface area contributed by atoms with Gasteiger partial charge in [0.25, 0.3) is 0 Å². The lowest BCUT2D eigenvalue weighted by atomic mass is 10.0. The number of allylic oxidation sites excluding steroid dienone is 7. The second-order valence-corrected chi connectivity index (χ2v) is 6.53. The van der Waals surface area contributed by atoms with E-state index in [2.05, 4.69) is 10.3 Å². The summed E-state index contributed by atoms with van der Waals surface area (Å²) in [5, 5.41) is 3.06. The molecule has 0 radical (unpaired) electrons. The average molecular weight is 406 g/mol. The number of aliphatic imine (C=N–C) groups is 1. The molecule has 1 aromatic carbocycles. The van der Waals surface area contributed by atoms with Crippen LogP contribution in [0.3, 0.4) is 0 Å². The molecule has 0 aromatic heterocycles. The van der Waals surface area contributed by atoms with E-state index in [-0.39, 0.29) is 5.02 Å². The number of hydrogen-bond acceptors (Lipinski definition) is 4. The van der Waals surface area contributed by atoms with Crippen LogP contribution in [-0.2, 0) is 4.74 Å². The number of rotatable bonds is 8. The molecule has 0 heterocycles. The van der Waals surface area contributed by atoms with Gasteiger partial charge in [-0.1, -0.05) is 35.9 Å². The minimum Gasteiger partial charge on any atom is -0.469 e. The van der Waals surface area contributed by atoms with Crippen molar-refractivity contribution in [2.24, 2.45) is 10.7 Å². The third kappa shape index (κ3) is 6.08. The van der Waals surface area contributed by atoms with E-state index in [0.717, 1.165) is 16.7 Å². The molecular weight excluding hydrogens is 377 g/mol. The van der Waals surface area contributed by atoms with E-state index in [0.29, 0.717) is 17.0 Å². The largest absolute Gasteiger partial charge is 0.469 e. The highest BCUT2D eigenvalue weighted by atomic mass is 35.5. The van der Waals surface area contributed by atoms with Crippen LogP contribution >= 0.6 is 11.6 Å². The zero-order valence-corrected chi connectivity index (χ0v) is 18.1. The van der Waals surface area contributed by atoms with Crippen molar-refractivity contribution < 1.29 is 9.13 Å². The number of aryl methyl sites for hydroxylation is 1. The normalized spacial score (nSPS) is 15.3. The topological polar surface area (TPSA) is 59.6 Å². The van der Waals surface area contributed by atoms with E-state index in [1.54, 1.807) is 33.3 Å². The van der Waals surface area contributed by atoms with Gasteiger partial charge in [-0.05, 0) is 63.6 Å². The Labute approximate surface area is 172 Å². The second-order valence-electron chi connectivity index (χ2n) is 6.16. The number of nitrogens with two attached hydrogens (primary N) is 1. The maximum Gasteiger partial charge on any atom is 0.178 e. The lowest BCUT2D eigenvalue weighted by molar-refractivity contribution is 0.0990. The molecule has 1 unspecified atom stereocenters. The summed E-state index contributed by atoms with van der Waals surface area (Å²) in [5.41, 5.74) is 9.71. The molecule has 0 saturated carbocycles. The Bertz CT molecular complexity index is 834. The van der Waals surface area contributed by atoms with Crippen LogP contribution in [0.25, 0.3) is 0 Å². The maximum atomic E-state index is 14.0. The summed E-state index contributed by atoms with van der Waals surface area (Å²) in [4.78, 5) is 4.09. The number of nitrogens with one attached hydrogen (secondary N) is 1. The first kappa shape index (κ1) is 23.7. The summed E-state index contributed by atoms with van der Waals surface area (Å²) >= 11 is 6.21. The van der Waals surface area contributed by atoms with Crippen LogP contribution in [0.1, 0.15) is 38.1 Å². The van der Waals surface area contributed by atoms with Gasteiger partial charge >= 0.3 is 0 Å². The minimum absolute atomic E-state index is 0.0262. The zero-order valence-electron chi connectivity index (χ0n) is 17.3. The Morgan fingerprint density at radius 3 is 2.50 bits per heavy atom. The summed E-state index contributed by atoms with van der Waals surface area (Å²) in [5.74, 6) is -0.0438. The smallest absolute Gasteiger partial charge is 0.178 e. The molecule has 6 heteroatoms. The Morgan fingerprint density at radius 2 is 2.00 bits per heavy atom. The maximum absolute atomic E-state index is 14.0. The Balaban J connectivity index is 3.44. The van der Waals surface area contributed by atoms with Crippen molar-refractivity contribution in [2.45, 2.75) is 33.9 Å². The Morgan fingerprint density at radius 1 is 1.32 bits per heavy atom. The van der Waals surface area contributed by atoms with Crippen molar-refractivity contribution in [3.05, 3.63) is 81.0 Å². The standard InChI is InChI=1S/C22H29ClFN3O/c1-7-9-17(16(8-2)13-26-5)12-19(15(4)25)28-22(27-6)20-14(3)10-11-18(24)21(20)23/h7-13,22,27H,25H2,1-6H3/b9-7?,16-8+,17-12+,19-15-,26-13?. The van der Waals surface area contributed by atoms with E-state index in [4.69, 9.17) is 22.1 Å². The fourth-order valence-electron chi connectivity index (χ4n) is 2.62. The summed E-state index contributed by atoms with van der Waals surface area (Å²) in [6.45, 7) is 7.45. The van der Waals surface area contributed by atoms with Crippen molar-refractivity contribution in [2.75, 3.05) is 14.1 Å². The van der Waals surface area contributed by atoms with E-state index < -0.39 is 12.0 Å². The zero-order chi connectivity index (χ0) is 21.3. The Kier molecular flexibility index (Phi) is 9.69. The average Bonchev–Trinajstić information content (AvgIpc) is 2.66. The second kappa shape index (κ2) is 11.5. The van der Waals surface area contributed by atoms with Crippen LogP contribution in [0, 0.1) is 12.7 Å². The molecule has 1 rings (SSSR count). The van der Waals surface area contributed by atoms with Crippen LogP contribution in [0.15, 0.2) is 64.0 Å². The highest BCUT2D eigenvalue weighted by molar-refractivity contribution is 6.31. The van der Waals surface area contributed by atoms with Gasteiger partial charge in [-0.3, -0.25) is 10.3 Å². The van der Waals surface area contributed by atoms with Crippen molar-refractivity contribution >= 4 is 17.8 Å². The van der Waals surface area contributed by atoms with Gasteiger partial charge in [0, 0.05) is 24.5 Å². The van der Waals surface area contributed by atoms with Crippen LogP contribution in [-0.4, -0.2) is 20.3 Å². The first-order valence-corrected chi connectivity index (χ1v) is 9.36. The fourth-order valence-corrected chi connectivity index (χ4v) is 2.93. The van der Waals surface area contributed by atoms with Gasteiger partial charge < -0.3 is 10.5 Å². The van der Waals surface area contributed by atoms with E-state index >= 15 is 0 Å². The lowest BCUT2D eigenvalue weighted by Crippen LogP contribution is -2.22. The first-order valence-electron chi connectivity index (χ1n) is 8.98. The van der Waals surface area contributed by atoms with Crippen LogP contribution < -0.4 is 11.1 Å². The predicted molar refractivity (Wildman–Crippen MR) is 117 cm³/mol. The van der Waals surface area contributed by atoms with Gasteiger partial charge in [0.15, 0.2) is 6.23 Å². The van der Waals surface area contributed by atoms with Gasteiger partial charge in [-0.2, -0.15) is 0 Å². The van der Waals surface area contributed by atoms with Crippen LogP contribution in [0.5, 0.6) is 0 Å². The molecule has 3 N–H and O–H groups in total. The van der Waals surface area contributed by atoms with E-state index in [9.17, 15) is 4.39 Å². The Hall–Kier alpha value is -2.37. The van der Waals surface area contributed by atoms with E-state index in [1.807, 2.05) is 45.1 Å². The fraction of sp³-hybridized carbons (Fsp3) is 0.318. The van der Waals surface area contributed by atoms with Gasteiger partial charge in [-0.25, -0.2) is 4.39 Å². The molecule has 0 saturated heterocycles. The minimum atomic E-state index is -0.672. The van der Waals surface area contributed by atoms with Gasteiger partial charge in [0.1, 0.15) is 11.6 Å². The number of ether oxygens (including phenoxy) is 1. The third-order valence-corrected chi connectivity index (χ3v) is 4.44. The number of hydrogen-bond donors (Lipinski definition) is 2. The van der Waals surface area contributed by atoms with E-state index in [1.165, 1.54) is 6.07 Å². The lowest BCUT2D eigenvalue weighted by Gasteiger charge is -2.23. The van der Waals surface area contributed by atoms with Crippen molar-refractivity contribution in [1.82, 2.24) is 5.32 Å². The molecule has 0 aliphatic carbocycles. The number of benzene rings is 1. The summed E-state index contributed by atoms with van der Waals surface area (Å²) in [7, 11) is 3.43. The molecule has 152 valence electrons. The highest BCUT2D eigenvalue weighted by Gasteiger charge is 2.21. The number of halogens is 2. The predicted octanol–water partition coefficient (Wildman–Crippen LogP) is 5.36. The molecule has 0 bridgehead atoms. The SMILES string of the molecule is CC=CC(=C\C(OC(NC)c1c(C)ccc(F)c1Cl)=C(/C)N)/C(C=NC)=C/C. The molecule has 0 aliphatic rings. The van der Waals surface area contributed by atoms with Crippen molar-refractivity contribution in [1.29, 1.82) is 0 Å².